The fourth-order valence-corrected chi connectivity index (χ4v) is 1.59. The molecule has 1 rings (SSSR count). The number of aliphatic hydroxyl groups excluding tert-OH is 1. The van der Waals surface area contributed by atoms with E-state index < -0.39 is 18.1 Å². The van der Waals surface area contributed by atoms with Crippen molar-refractivity contribution in [3.8, 4) is 5.75 Å². The number of benzene rings is 1. The monoisotopic (exact) mass is 275 g/mol. The lowest BCUT2D eigenvalue weighted by molar-refractivity contribution is -0.141. The van der Waals surface area contributed by atoms with Crippen molar-refractivity contribution in [1.82, 2.24) is 0 Å². The third-order valence-electron chi connectivity index (χ3n) is 1.95. The number of phenols is 1. The molecule has 0 radical (unpaired) electrons. The Morgan fingerprint density at radius 1 is 1.47 bits per heavy atom. The second-order valence-electron chi connectivity index (χ2n) is 2.99. The number of carbonyl (C=O) groups is 1. The Bertz CT molecular complexity index is 382. The van der Waals surface area contributed by atoms with Crippen LogP contribution in [-0.4, -0.2) is 27.3 Å². The molecule has 0 fully saturated rings. The topological polar surface area (TPSA) is 104 Å². The highest BCUT2D eigenvalue weighted by Crippen LogP contribution is 2.32. The summed E-state index contributed by atoms with van der Waals surface area (Å²) < 4.78 is 0.245. The number of nitrogens with two attached hydrogens (primary N) is 1. The molecule has 0 aromatic heterocycles. The summed E-state index contributed by atoms with van der Waals surface area (Å²) >= 11 is 3.04. The predicted octanol–water partition coefficient (Wildman–Crippen LogP) is 0.600. The molecule has 0 aliphatic carbocycles. The fraction of sp³-hybridized carbons (Fsp3) is 0.222. The Balaban J connectivity index is 3.06. The second-order valence-corrected chi connectivity index (χ2v) is 3.78. The predicted molar refractivity (Wildman–Crippen MR) is 56.4 cm³/mol. The van der Waals surface area contributed by atoms with Crippen LogP contribution in [-0.2, 0) is 4.79 Å². The first-order valence-corrected chi connectivity index (χ1v) is 4.88. The Kier molecular flexibility index (Phi) is 3.67. The zero-order chi connectivity index (χ0) is 11.6. The average molecular weight is 276 g/mol. The summed E-state index contributed by atoms with van der Waals surface area (Å²) in [6, 6.07) is 2.96. The van der Waals surface area contributed by atoms with Crippen LogP contribution in [0.15, 0.2) is 22.7 Å². The first-order valence-electron chi connectivity index (χ1n) is 4.09. The lowest BCUT2D eigenvalue weighted by atomic mass is 10.0. The van der Waals surface area contributed by atoms with E-state index in [1.165, 1.54) is 18.2 Å². The number of phenolic OH excluding ortho intramolecular Hbond substituents is 1. The van der Waals surface area contributed by atoms with Crippen LogP contribution in [0.2, 0.25) is 0 Å². The lowest BCUT2D eigenvalue weighted by Crippen LogP contribution is -2.36. The first-order chi connectivity index (χ1) is 6.95. The van der Waals surface area contributed by atoms with Gasteiger partial charge in [0, 0.05) is 5.56 Å². The van der Waals surface area contributed by atoms with Gasteiger partial charge in [0.15, 0.2) is 0 Å². The maximum atomic E-state index is 10.5. The molecule has 0 saturated heterocycles. The molecule has 0 aliphatic rings. The molecular weight excluding hydrogens is 266 g/mol. The van der Waals surface area contributed by atoms with Gasteiger partial charge in [0.1, 0.15) is 17.9 Å². The summed E-state index contributed by atoms with van der Waals surface area (Å²) in [5.41, 5.74) is 5.50. The molecule has 0 heterocycles. The molecule has 1 aromatic carbocycles. The van der Waals surface area contributed by atoms with Gasteiger partial charge >= 0.3 is 5.97 Å². The van der Waals surface area contributed by atoms with Crippen LogP contribution >= 0.6 is 15.9 Å². The maximum Gasteiger partial charge on any atom is 0.323 e. The van der Waals surface area contributed by atoms with E-state index in [1.54, 1.807) is 0 Å². The molecule has 0 bridgehead atoms. The number of carboxylic acid groups (broad SMARTS) is 1. The van der Waals surface area contributed by atoms with Crippen molar-refractivity contribution in [3.63, 3.8) is 0 Å². The van der Waals surface area contributed by atoms with Crippen molar-refractivity contribution in [1.29, 1.82) is 0 Å². The SMILES string of the molecule is NC(C(=O)O)C(O)c1cccc(O)c1Br. The number of hydrogen-bond acceptors (Lipinski definition) is 4. The lowest BCUT2D eigenvalue weighted by Gasteiger charge is -2.16. The van der Waals surface area contributed by atoms with Crippen molar-refractivity contribution in [3.05, 3.63) is 28.2 Å². The van der Waals surface area contributed by atoms with Gasteiger partial charge in [0.2, 0.25) is 0 Å². The minimum atomic E-state index is -1.43. The third kappa shape index (κ3) is 2.47. The van der Waals surface area contributed by atoms with Crippen molar-refractivity contribution >= 4 is 21.9 Å². The van der Waals surface area contributed by atoms with Crippen LogP contribution in [0, 0.1) is 0 Å². The molecule has 1 aromatic rings. The maximum absolute atomic E-state index is 10.5. The molecule has 15 heavy (non-hydrogen) atoms. The van der Waals surface area contributed by atoms with Crippen molar-refractivity contribution < 1.29 is 20.1 Å². The minimum Gasteiger partial charge on any atom is -0.507 e. The number of aromatic hydroxyl groups is 1. The standard InChI is InChI=1S/C9H10BrNO4/c10-6-4(2-1-3-5(6)12)8(13)7(11)9(14)15/h1-3,7-8,12-13H,11H2,(H,14,15). The molecule has 5 nitrogen and oxygen atoms in total. The van der Waals surface area contributed by atoms with Crippen molar-refractivity contribution in [2.24, 2.45) is 5.73 Å². The summed E-state index contributed by atoms with van der Waals surface area (Å²) in [4.78, 5) is 10.5. The van der Waals surface area contributed by atoms with Gasteiger partial charge in [0.25, 0.3) is 0 Å². The Labute approximate surface area is 94.3 Å². The van der Waals surface area contributed by atoms with Gasteiger partial charge in [-0.25, -0.2) is 0 Å². The van der Waals surface area contributed by atoms with Gasteiger partial charge in [-0.2, -0.15) is 0 Å². The molecule has 0 aliphatic heterocycles. The summed E-state index contributed by atoms with van der Waals surface area (Å²) in [5, 5.41) is 27.6. The molecule has 2 unspecified atom stereocenters. The van der Waals surface area contributed by atoms with Gasteiger partial charge in [-0.3, -0.25) is 4.79 Å². The number of carboxylic acids is 1. The summed E-state index contributed by atoms with van der Waals surface area (Å²) in [6.45, 7) is 0. The van der Waals surface area contributed by atoms with Crippen molar-refractivity contribution in [2.45, 2.75) is 12.1 Å². The molecule has 2 atom stereocenters. The van der Waals surface area contributed by atoms with Crippen LogP contribution in [0.5, 0.6) is 5.75 Å². The zero-order valence-electron chi connectivity index (χ0n) is 7.59. The van der Waals surface area contributed by atoms with Gasteiger partial charge in [-0.15, -0.1) is 0 Å². The highest BCUT2D eigenvalue weighted by atomic mass is 79.9. The summed E-state index contributed by atoms with van der Waals surface area (Å²) in [6.07, 6.45) is -1.37. The smallest absolute Gasteiger partial charge is 0.323 e. The molecule has 82 valence electrons. The van der Waals surface area contributed by atoms with E-state index >= 15 is 0 Å². The highest BCUT2D eigenvalue weighted by molar-refractivity contribution is 9.10. The minimum absolute atomic E-state index is 0.0795. The zero-order valence-corrected chi connectivity index (χ0v) is 9.18. The van der Waals surface area contributed by atoms with Crippen molar-refractivity contribution in [2.75, 3.05) is 0 Å². The first kappa shape index (κ1) is 12.0. The molecule has 6 heteroatoms. The van der Waals surface area contributed by atoms with E-state index in [0.717, 1.165) is 0 Å². The molecule has 5 N–H and O–H groups in total. The number of aliphatic carboxylic acids is 1. The number of aliphatic hydroxyl groups is 1. The van der Waals surface area contributed by atoms with E-state index in [9.17, 15) is 15.0 Å². The highest BCUT2D eigenvalue weighted by Gasteiger charge is 2.25. The van der Waals surface area contributed by atoms with Gasteiger partial charge in [0.05, 0.1) is 4.47 Å². The summed E-state index contributed by atoms with van der Waals surface area (Å²) in [7, 11) is 0. The fourth-order valence-electron chi connectivity index (χ4n) is 1.09. The van der Waals surface area contributed by atoms with Crippen LogP contribution in [0.4, 0.5) is 0 Å². The van der Waals surface area contributed by atoms with Gasteiger partial charge < -0.3 is 21.1 Å². The molecule has 0 amide bonds. The normalized spacial score (nSPS) is 14.6. The summed E-state index contributed by atoms with van der Waals surface area (Å²) in [5.74, 6) is -1.39. The van der Waals surface area contributed by atoms with E-state index in [0.29, 0.717) is 0 Å². The number of rotatable bonds is 3. The Morgan fingerprint density at radius 3 is 2.60 bits per heavy atom. The van der Waals surface area contributed by atoms with Crippen LogP contribution in [0.3, 0.4) is 0 Å². The third-order valence-corrected chi connectivity index (χ3v) is 2.82. The van der Waals surface area contributed by atoms with E-state index in [-0.39, 0.29) is 15.8 Å². The Hall–Kier alpha value is -1.11. The van der Waals surface area contributed by atoms with Crippen LogP contribution < -0.4 is 5.73 Å². The van der Waals surface area contributed by atoms with E-state index in [2.05, 4.69) is 15.9 Å². The van der Waals surface area contributed by atoms with E-state index in [1.807, 2.05) is 0 Å². The van der Waals surface area contributed by atoms with Gasteiger partial charge in [-0.05, 0) is 22.0 Å². The van der Waals surface area contributed by atoms with Gasteiger partial charge in [-0.1, -0.05) is 12.1 Å². The number of hydrogen-bond donors (Lipinski definition) is 4. The molecule has 0 spiro atoms. The largest absolute Gasteiger partial charge is 0.507 e. The molecule has 0 saturated carbocycles. The quantitative estimate of drug-likeness (QED) is 0.647. The Morgan fingerprint density at radius 2 is 2.07 bits per heavy atom. The van der Waals surface area contributed by atoms with Crippen LogP contribution in [0.1, 0.15) is 11.7 Å². The number of halogens is 1. The van der Waals surface area contributed by atoms with E-state index in [4.69, 9.17) is 10.8 Å². The second kappa shape index (κ2) is 4.61. The van der Waals surface area contributed by atoms with Crippen LogP contribution in [0.25, 0.3) is 0 Å². The average Bonchev–Trinajstić information content (AvgIpc) is 2.20. The molecular formula is C9H10BrNO4.